The molecule has 0 bridgehead atoms. The molecule has 0 aliphatic heterocycles. The first-order valence-corrected chi connectivity index (χ1v) is 10.6. The Morgan fingerprint density at radius 2 is 2.00 bits per heavy atom. The molecule has 1 aromatic carbocycles. The van der Waals surface area contributed by atoms with E-state index in [4.69, 9.17) is 22.1 Å². The van der Waals surface area contributed by atoms with Crippen LogP contribution in [0.4, 0.5) is 0 Å². The second kappa shape index (κ2) is 8.43. The van der Waals surface area contributed by atoms with E-state index in [1.807, 2.05) is 18.4 Å². The zero-order valence-electron chi connectivity index (χ0n) is 6.42. The number of thioether (sulfide) groups is 1. The van der Waals surface area contributed by atoms with Gasteiger partial charge in [-0.15, -0.1) is 11.8 Å². The van der Waals surface area contributed by atoms with Crippen molar-refractivity contribution in [3.63, 3.8) is 0 Å². The molecule has 0 aliphatic carbocycles. The van der Waals surface area contributed by atoms with E-state index in [1.165, 1.54) is 0 Å². The van der Waals surface area contributed by atoms with Crippen molar-refractivity contribution in [3.8, 4) is 5.75 Å². The quantitative estimate of drug-likeness (QED) is 0.801. The average molecular weight is 302 g/mol. The van der Waals surface area contributed by atoms with Crippen molar-refractivity contribution >= 4 is 28.8 Å². The van der Waals surface area contributed by atoms with E-state index in [2.05, 4.69) is 0 Å². The fourth-order valence-corrected chi connectivity index (χ4v) is 1.06. The van der Waals surface area contributed by atoms with E-state index < -0.39 is 20.8 Å². The Morgan fingerprint density at radius 3 is 2.33 bits per heavy atom. The van der Waals surface area contributed by atoms with Gasteiger partial charge in [-0.25, -0.2) is 0 Å². The van der Waals surface area contributed by atoms with Gasteiger partial charge >= 0.3 is 37.9 Å². The van der Waals surface area contributed by atoms with Crippen LogP contribution >= 0.6 is 28.8 Å². The Bertz CT molecular complexity index is 222. The summed E-state index contributed by atoms with van der Waals surface area (Å²) in [5.41, 5.74) is 0. The molecule has 1 nitrogen and oxygen atoms in total. The van der Waals surface area contributed by atoms with Crippen LogP contribution < -0.4 is 0 Å². The second-order valence-electron chi connectivity index (χ2n) is 1.77. The van der Waals surface area contributed by atoms with Crippen LogP contribution in [0.25, 0.3) is 0 Å². The molecule has 12 heavy (non-hydrogen) atoms. The molecule has 0 spiro atoms. The first kappa shape index (κ1) is 12.8. The number of benzene rings is 1. The average Bonchev–Trinajstić information content (AvgIpc) is 2.06. The second-order valence-corrected chi connectivity index (χ2v) is 6.38. The molecule has 1 rings (SSSR count). The fourth-order valence-electron chi connectivity index (χ4n) is 0.610. The van der Waals surface area contributed by atoms with Crippen LogP contribution in [0.2, 0.25) is 0 Å². The molecule has 0 saturated heterocycles. The molecule has 0 aliphatic rings. The minimum atomic E-state index is -0.826. The number of phenolic OH excluding ortho intramolecular Hbond substituents is 1. The monoisotopic (exact) mass is 300 g/mol. The molecule has 0 amide bonds. The molecule has 5 heteroatoms. The first-order valence-electron chi connectivity index (χ1n) is 3.04. The van der Waals surface area contributed by atoms with Gasteiger partial charge in [0, 0.05) is 4.90 Å². The van der Waals surface area contributed by atoms with Crippen molar-refractivity contribution in [2.24, 2.45) is 0 Å². The predicted octanol–water partition coefficient (Wildman–Crippen LogP) is 3.49. The van der Waals surface area contributed by atoms with Gasteiger partial charge < -0.3 is 5.11 Å². The number of phenols is 1. The number of rotatable bonds is 1. The normalized spacial score (nSPS) is 8.25. The van der Waals surface area contributed by atoms with E-state index in [0.29, 0.717) is 5.75 Å². The molecule has 0 radical (unpaired) electrons. The Hall–Kier alpha value is 0.833. The summed E-state index contributed by atoms with van der Waals surface area (Å²) in [7, 11) is 9.87. The van der Waals surface area contributed by atoms with Crippen molar-refractivity contribution in [2.45, 2.75) is 4.90 Å². The zero-order valence-corrected chi connectivity index (χ0v) is 11.2. The van der Waals surface area contributed by atoms with Crippen LogP contribution in [0.1, 0.15) is 0 Å². The molecule has 0 heterocycles. The minimum absolute atomic E-state index is 0.335. The molecule has 66 valence electrons. The molecule has 0 aromatic heterocycles. The molecular weight excluding hydrogens is 294 g/mol. The van der Waals surface area contributed by atoms with E-state index in [0.717, 1.165) is 4.90 Å². The summed E-state index contributed by atoms with van der Waals surface area (Å²) in [5, 5.41) is 8.93. The number of aromatic hydroxyl groups is 1. The van der Waals surface area contributed by atoms with E-state index >= 15 is 0 Å². The van der Waals surface area contributed by atoms with Gasteiger partial charge in [-0.2, -0.15) is 0 Å². The summed E-state index contributed by atoms with van der Waals surface area (Å²) in [4.78, 5) is 1.09. The Kier molecular flexibility index (Phi) is 9.02. The standard InChI is InChI=1S/C7H8OS.2ClH.Zr/c1-9-7-4-2-3-6(8)5-7;;;/h2-5,8H,1H3;2*1H;/q;;;+2/p-2. The summed E-state index contributed by atoms with van der Waals surface area (Å²) in [5.74, 6) is 0.335. The van der Waals surface area contributed by atoms with Gasteiger partial charge in [0.25, 0.3) is 0 Å². The van der Waals surface area contributed by atoms with Gasteiger partial charge in [0.05, 0.1) is 0 Å². The maximum absolute atomic E-state index is 8.93. The summed E-state index contributed by atoms with van der Waals surface area (Å²) >= 11 is 0.797. The van der Waals surface area contributed by atoms with Crippen molar-refractivity contribution < 1.29 is 26.0 Å². The fraction of sp³-hybridized carbons (Fsp3) is 0.143. The number of halogens is 2. The summed E-state index contributed by atoms with van der Waals surface area (Å²) in [6.45, 7) is 0. The van der Waals surface area contributed by atoms with E-state index in [9.17, 15) is 0 Å². The molecule has 0 atom stereocenters. The molecule has 1 N–H and O–H groups in total. The van der Waals surface area contributed by atoms with Crippen LogP contribution in [0.15, 0.2) is 29.2 Å². The molecular formula is C7H8Cl2OSZr. The molecule has 0 saturated carbocycles. The predicted molar refractivity (Wildman–Crippen MR) is 51.6 cm³/mol. The van der Waals surface area contributed by atoms with Gasteiger partial charge in [-0.05, 0) is 24.5 Å². The summed E-state index contributed by atoms with van der Waals surface area (Å²) < 4.78 is 0. The van der Waals surface area contributed by atoms with Crippen molar-refractivity contribution in [1.29, 1.82) is 0 Å². The summed E-state index contributed by atoms with van der Waals surface area (Å²) in [6, 6.07) is 7.20. The number of hydrogen-bond acceptors (Lipinski definition) is 2. The topological polar surface area (TPSA) is 20.2 Å². The van der Waals surface area contributed by atoms with Crippen LogP contribution in [0.5, 0.6) is 5.75 Å². The van der Waals surface area contributed by atoms with Gasteiger partial charge in [0.1, 0.15) is 5.75 Å². The number of hydrogen-bond donors (Lipinski definition) is 1. The third-order valence-electron chi connectivity index (χ3n) is 1.05. The third kappa shape index (κ3) is 6.36. The van der Waals surface area contributed by atoms with Gasteiger partial charge in [0.2, 0.25) is 0 Å². The van der Waals surface area contributed by atoms with E-state index in [-0.39, 0.29) is 0 Å². The van der Waals surface area contributed by atoms with Gasteiger partial charge in [-0.3, -0.25) is 0 Å². The van der Waals surface area contributed by atoms with Crippen molar-refractivity contribution in [3.05, 3.63) is 24.3 Å². The van der Waals surface area contributed by atoms with Crippen LogP contribution in [-0.4, -0.2) is 11.4 Å². The Balaban J connectivity index is 0.000000354. The first-order chi connectivity index (χ1) is 5.74. The SMILES string of the molecule is CSc1cccc(O)c1.[Cl][Zr][Cl]. The van der Waals surface area contributed by atoms with Crippen molar-refractivity contribution in [2.75, 3.05) is 6.26 Å². The van der Waals surface area contributed by atoms with Crippen LogP contribution in [0, 0.1) is 0 Å². The van der Waals surface area contributed by atoms with E-state index in [1.54, 1.807) is 23.9 Å². The van der Waals surface area contributed by atoms with Crippen LogP contribution in [-0.2, 0) is 20.8 Å². The molecule has 0 unspecified atom stereocenters. The van der Waals surface area contributed by atoms with Gasteiger partial charge in [-0.1, -0.05) is 6.07 Å². The maximum atomic E-state index is 8.93. The Labute approximate surface area is 95.1 Å². The van der Waals surface area contributed by atoms with Crippen molar-refractivity contribution in [1.82, 2.24) is 0 Å². The van der Waals surface area contributed by atoms with Gasteiger partial charge in [0.15, 0.2) is 0 Å². The third-order valence-corrected chi connectivity index (χ3v) is 1.78. The Morgan fingerprint density at radius 1 is 1.42 bits per heavy atom. The molecule has 1 aromatic rings. The summed E-state index contributed by atoms with van der Waals surface area (Å²) in [6.07, 6.45) is 1.98. The molecule has 0 fully saturated rings. The zero-order chi connectivity index (χ0) is 9.40. The van der Waals surface area contributed by atoms with Crippen LogP contribution in [0.3, 0.4) is 0 Å².